The van der Waals surface area contributed by atoms with Crippen LogP contribution in [0.15, 0.2) is 12.2 Å². The number of hydrogen-bond donors (Lipinski definition) is 0. The molecule has 0 amide bonds. The summed E-state index contributed by atoms with van der Waals surface area (Å²) >= 11 is 0. The second-order valence-corrected chi connectivity index (χ2v) is 4.01. The molecular formula is C10H16O. The van der Waals surface area contributed by atoms with Gasteiger partial charge in [0.15, 0.2) is 0 Å². The molecule has 0 spiro atoms. The van der Waals surface area contributed by atoms with Crippen LogP contribution >= 0.6 is 0 Å². The number of allylic oxidation sites excluding steroid dienone is 1. The van der Waals surface area contributed by atoms with Gasteiger partial charge in [-0.3, -0.25) is 4.79 Å². The number of Topliss-reactive ketones (excluding diaryl/α,β-unsaturated/α-hetero) is 1. The van der Waals surface area contributed by atoms with E-state index in [0.717, 1.165) is 12.8 Å². The molecule has 1 aliphatic carbocycles. The largest absolute Gasteiger partial charge is 0.299 e. The minimum absolute atomic E-state index is 0.114. The van der Waals surface area contributed by atoms with Crippen molar-refractivity contribution in [2.75, 3.05) is 0 Å². The van der Waals surface area contributed by atoms with Gasteiger partial charge in [0.2, 0.25) is 0 Å². The maximum atomic E-state index is 11.3. The van der Waals surface area contributed by atoms with Crippen molar-refractivity contribution in [3.8, 4) is 0 Å². The lowest BCUT2D eigenvalue weighted by molar-refractivity contribution is -0.127. The predicted octanol–water partition coefficient (Wildman–Crippen LogP) is 2.57. The van der Waals surface area contributed by atoms with E-state index in [4.69, 9.17) is 0 Å². The van der Waals surface area contributed by atoms with Crippen molar-refractivity contribution in [3.63, 3.8) is 0 Å². The maximum absolute atomic E-state index is 11.3. The first-order valence-electron chi connectivity index (χ1n) is 4.14. The first-order chi connectivity index (χ1) is 4.97. The van der Waals surface area contributed by atoms with E-state index in [9.17, 15) is 4.79 Å². The van der Waals surface area contributed by atoms with E-state index in [0.29, 0.717) is 11.7 Å². The van der Waals surface area contributed by atoms with Gasteiger partial charge in [-0.1, -0.05) is 26.0 Å². The fraction of sp³-hybridized carbons (Fsp3) is 0.700. The van der Waals surface area contributed by atoms with Crippen LogP contribution in [0.2, 0.25) is 0 Å². The van der Waals surface area contributed by atoms with Crippen molar-refractivity contribution >= 4 is 5.78 Å². The highest BCUT2D eigenvalue weighted by Crippen LogP contribution is 2.45. The van der Waals surface area contributed by atoms with Crippen molar-refractivity contribution in [3.05, 3.63) is 12.2 Å². The Hall–Kier alpha value is -0.590. The van der Waals surface area contributed by atoms with Gasteiger partial charge in [0.1, 0.15) is 5.78 Å². The smallest absolute Gasteiger partial charge is 0.136 e. The lowest BCUT2D eigenvalue weighted by Crippen LogP contribution is -2.27. The van der Waals surface area contributed by atoms with Crippen molar-refractivity contribution in [2.24, 2.45) is 11.3 Å². The van der Waals surface area contributed by atoms with Crippen molar-refractivity contribution in [2.45, 2.75) is 33.6 Å². The van der Waals surface area contributed by atoms with Gasteiger partial charge in [0.05, 0.1) is 0 Å². The standard InChI is InChI=1S/C10H16O/c1-7-5-8(2)10(4,6-7)9(3)11/h8H,1,5-6H2,2-4H3/t8?,10-/m1/s1. The van der Waals surface area contributed by atoms with Crippen LogP contribution in [0.5, 0.6) is 0 Å². The van der Waals surface area contributed by atoms with Gasteiger partial charge in [-0.15, -0.1) is 0 Å². The molecular weight excluding hydrogens is 136 g/mol. The van der Waals surface area contributed by atoms with Gasteiger partial charge in [-0.05, 0) is 25.7 Å². The molecule has 1 rings (SSSR count). The molecule has 1 unspecified atom stereocenters. The van der Waals surface area contributed by atoms with E-state index < -0.39 is 0 Å². The van der Waals surface area contributed by atoms with Crippen LogP contribution in [0.25, 0.3) is 0 Å². The Morgan fingerprint density at radius 2 is 2.27 bits per heavy atom. The van der Waals surface area contributed by atoms with Crippen LogP contribution in [-0.4, -0.2) is 5.78 Å². The number of ketones is 1. The summed E-state index contributed by atoms with van der Waals surface area (Å²) in [7, 11) is 0. The molecule has 0 radical (unpaired) electrons. The SMILES string of the molecule is C=C1CC(C)[C@](C)(C(C)=O)C1. The molecule has 2 atom stereocenters. The average molecular weight is 152 g/mol. The Labute approximate surface area is 68.5 Å². The molecule has 1 heteroatoms. The summed E-state index contributed by atoms with van der Waals surface area (Å²) in [6.07, 6.45) is 1.92. The van der Waals surface area contributed by atoms with Crippen LogP contribution in [0, 0.1) is 11.3 Å². The zero-order chi connectivity index (χ0) is 8.65. The van der Waals surface area contributed by atoms with E-state index in [1.165, 1.54) is 5.57 Å². The lowest BCUT2D eigenvalue weighted by atomic mass is 9.78. The zero-order valence-electron chi connectivity index (χ0n) is 7.61. The average Bonchev–Trinajstić information content (AvgIpc) is 2.08. The molecule has 1 saturated carbocycles. The van der Waals surface area contributed by atoms with Crippen LogP contribution in [0.3, 0.4) is 0 Å². The summed E-state index contributed by atoms with van der Waals surface area (Å²) < 4.78 is 0. The van der Waals surface area contributed by atoms with Crippen molar-refractivity contribution in [1.82, 2.24) is 0 Å². The van der Waals surface area contributed by atoms with E-state index in [2.05, 4.69) is 20.4 Å². The molecule has 0 heterocycles. The van der Waals surface area contributed by atoms with Gasteiger partial charge in [-0.2, -0.15) is 0 Å². The monoisotopic (exact) mass is 152 g/mol. The summed E-state index contributed by atoms with van der Waals surface area (Å²) in [6.45, 7) is 9.81. The molecule has 0 bridgehead atoms. The fourth-order valence-corrected chi connectivity index (χ4v) is 1.90. The molecule has 1 aliphatic rings. The highest BCUT2D eigenvalue weighted by Gasteiger charge is 2.41. The Balaban J connectivity index is 2.87. The molecule has 11 heavy (non-hydrogen) atoms. The number of carbonyl (C=O) groups excluding carboxylic acids is 1. The van der Waals surface area contributed by atoms with Crippen LogP contribution in [0.4, 0.5) is 0 Å². The summed E-state index contributed by atoms with van der Waals surface area (Å²) in [5, 5.41) is 0. The third kappa shape index (κ3) is 1.24. The third-order valence-corrected chi connectivity index (χ3v) is 3.10. The lowest BCUT2D eigenvalue weighted by Gasteiger charge is -2.24. The van der Waals surface area contributed by atoms with Gasteiger partial charge in [0, 0.05) is 5.41 Å². The summed E-state index contributed by atoms with van der Waals surface area (Å²) in [5.41, 5.74) is 1.12. The Kier molecular flexibility index (Phi) is 1.91. The normalized spacial score (nSPS) is 37.7. The highest BCUT2D eigenvalue weighted by molar-refractivity contribution is 5.83. The molecule has 62 valence electrons. The van der Waals surface area contributed by atoms with Gasteiger partial charge in [0.25, 0.3) is 0 Å². The first kappa shape index (κ1) is 8.51. The maximum Gasteiger partial charge on any atom is 0.136 e. The highest BCUT2D eigenvalue weighted by atomic mass is 16.1. The third-order valence-electron chi connectivity index (χ3n) is 3.10. The van der Waals surface area contributed by atoms with Crippen LogP contribution < -0.4 is 0 Å². The van der Waals surface area contributed by atoms with Crippen LogP contribution in [-0.2, 0) is 4.79 Å². The van der Waals surface area contributed by atoms with E-state index in [-0.39, 0.29) is 5.41 Å². The predicted molar refractivity (Wildman–Crippen MR) is 46.3 cm³/mol. The quantitative estimate of drug-likeness (QED) is 0.528. The minimum atomic E-state index is -0.114. The number of rotatable bonds is 1. The first-order valence-corrected chi connectivity index (χ1v) is 4.14. The topological polar surface area (TPSA) is 17.1 Å². The van der Waals surface area contributed by atoms with Crippen molar-refractivity contribution < 1.29 is 4.79 Å². The number of carbonyl (C=O) groups is 1. The summed E-state index contributed by atoms with van der Waals surface area (Å²) in [5.74, 6) is 0.788. The second-order valence-electron chi connectivity index (χ2n) is 4.01. The van der Waals surface area contributed by atoms with Crippen LogP contribution in [0.1, 0.15) is 33.6 Å². The van der Waals surface area contributed by atoms with Gasteiger partial charge < -0.3 is 0 Å². The Morgan fingerprint density at radius 3 is 2.45 bits per heavy atom. The van der Waals surface area contributed by atoms with Gasteiger partial charge in [-0.25, -0.2) is 0 Å². The molecule has 0 aliphatic heterocycles. The summed E-state index contributed by atoms with van der Waals surface area (Å²) in [6, 6.07) is 0. The molecule has 1 nitrogen and oxygen atoms in total. The van der Waals surface area contributed by atoms with E-state index in [1.807, 2.05) is 0 Å². The molecule has 0 aromatic carbocycles. The van der Waals surface area contributed by atoms with Crippen molar-refractivity contribution in [1.29, 1.82) is 0 Å². The number of hydrogen-bond acceptors (Lipinski definition) is 1. The van der Waals surface area contributed by atoms with E-state index in [1.54, 1.807) is 6.92 Å². The fourth-order valence-electron chi connectivity index (χ4n) is 1.90. The van der Waals surface area contributed by atoms with E-state index >= 15 is 0 Å². The zero-order valence-corrected chi connectivity index (χ0v) is 7.61. The molecule has 0 aromatic heterocycles. The minimum Gasteiger partial charge on any atom is -0.299 e. The molecule has 0 N–H and O–H groups in total. The molecule has 0 aromatic rings. The van der Waals surface area contributed by atoms with Gasteiger partial charge >= 0.3 is 0 Å². The Morgan fingerprint density at radius 1 is 1.73 bits per heavy atom. The Bertz CT molecular complexity index is 205. The molecule has 1 fully saturated rings. The second kappa shape index (κ2) is 2.47. The molecule has 0 saturated heterocycles. The summed E-state index contributed by atoms with van der Waals surface area (Å²) in [4.78, 5) is 11.3.